The summed E-state index contributed by atoms with van der Waals surface area (Å²) >= 11 is 0. The molecular formula is C32H30O. The molecule has 1 unspecified atom stereocenters. The van der Waals surface area contributed by atoms with Gasteiger partial charge in [0.15, 0.2) is 0 Å². The molecule has 33 heavy (non-hydrogen) atoms. The molecule has 1 nitrogen and oxygen atoms in total. The number of hydrogen-bond donors (Lipinski definition) is 0. The van der Waals surface area contributed by atoms with E-state index in [4.69, 9.17) is 4.42 Å². The van der Waals surface area contributed by atoms with E-state index in [0.29, 0.717) is 0 Å². The van der Waals surface area contributed by atoms with Gasteiger partial charge in [0.05, 0.1) is 0 Å². The van der Waals surface area contributed by atoms with E-state index in [9.17, 15) is 0 Å². The van der Waals surface area contributed by atoms with Crippen molar-refractivity contribution in [1.82, 2.24) is 0 Å². The molecule has 6 aromatic rings. The maximum atomic E-state index is 6.25. The van der Waals surface area contributed by atoms with E-state index < -0.39 is 0 Å². The molecule has 1 heterocycles. The largest absolute Gasteiger partial charge is 0.456 e. The van der Waals surface area contributed by atoms with Crippen molar-refractivity contribution in [2.75, 3.05) is 0 Å². The van der Waals surface area contributed by atoms with Crippen LogP contribution in [0.4, 0.5) is 0 Å². The van der Waals surface area contributed by atoms with Crippen LogP contribution in [0.25, 0.3) is 54.3 Å². The van der Waals surface area contributed by atoms with Gasteiger partial charge in [0.2, 0.25) is 0 Å². The molecule has 1 atom stereocenters. The molecular weight excluding hydrogens is 400 g/mol. The number of unbranched alkanes of at least 4 members (excludes halogenated alkanes) is 1. The van der Waals surface area contributed by atoms with Crippen LogP contribution in [0.5, 0.6) is 0 Å². The molecule has 0 aliphatic heterocycles. The molecule has 5 aromatic carbocycles. The Morgan fingerprint density at radius 1 is 0.606 bits per heavy atom. The molecule has 0 aliphatic carbocycles. The van der Waals surface area contributed by atoms with Crippen LogP contribution in [0.1, 0.15) is 45.1 Å². The Balaban J connectivity index is 1.61. The molecule has 0 saturated carbocycles. The number of benzene rings is 5. The molecule has 0 spiro atoms. The molecule has 1 heteroatoms. The number of para-hydroxylation sites is 1. The Morgan fingerprint density at radius 2 is 1.27 bits per heavy atom. The van der Waals surface area contributed by atoms with Crippen LogP contribution in [-0.4, -0.2) is 0 Å². The second kappa shape index (κ2) is 8.23. The van der Waals surface area contributed by atoms with Gasteiger partial charge in [-0.25, -0.2) is 0 Å². The first-order valence-electron chi connectivity index (χ1n) is 12.4. The minimum absolute atomic E-state index is 0.768. The number of hydrogen-bond acceptors (Lipinski definition) is 1. The van der Waals surface area contributed by atoms with Gasteiger partial charge in [-0.1, -0.05) is 100 Å². The van der Waals surface area contributed by atoms with Crippen molar-refractivity contribution in [1.29, 1.82) is 0 Å². The summed E-state index contributed by atoms with van der Waals surface area (Å²) in [6, 6.07) is 29.0. The molecule has 0 bridgehead atoms. The molecule has 0 aliphatic rings. The van der Waals surface area contributed by atoms with Crippen LogP contribution < -0.4 is 0 Å². The van der Waals surface area contributed by atoms with Gasteiger partial charge in [0.1, 0.15) is 11.2 Å². The minimum atomic E-state index is 0.768. The van der Waals surface area contributed by atoms with E-state index in [1.54, 1.807) is 0 Å². The highest BCUT2D eigenvalue weighted by Crippen LogP contribution is 2.40. The first kappa shape index (κ1) is 20.3. The topological polar surface area (TPSA) is 13.1 Å². The lowest BCUT2D eigenvalue weighted by molar-refractivity contribution is 0.449. The standard InChI is InChI=1S/C32H30O/c1-3-5-10-21(4-2)17-22-15-16-25-27(18-22)23-11-6-7-12-24(23)28-19-30-26-13-8-9-14-31(26)33-32(30)20-29(25)28/h6-9,11-16,18-21H,3-5,10,17H2,1-2H3. The monoisotopic (exact) mass is 430 g/mol. The van der Waals surface area contributed by atoms with Gasteiger partial charge in [-0.2, -0.15) is 0 Å². The lowest BCUT2D eigenvalue weighted by atomic mass is 9.88. The first-order valence-corrected chi connectivity index (χ1v) is 12.4. The van der Waals surface area contributed by atoms with E-state index in [1.807, 2.05) is 6.07 Å². The van der Waals surface area contributed by atoms with E-state index >= 15 is 0 Å². The van der Waals surface area contributed by atoms with Crippen molar-refractivity contribution in [2.24, 2.45) is 5.92 Å². The molecule has 6 rings (SSSR count). The van der Waals surface area contributed by atoms with Crippen LogP contribution >= 0.6 is 0 Å². The lowest BCUT2D eigenvalue weighted by Crippen LogP contribution is -2.03. The van der Waals surface area contributed by atoms with Gasteiger partial charge in [0.25, 0.3) is 0 Å². The average Bonchev–Trinajstić information content (AvgIpc) is 3.23. The third-order valence-electron chi connectivity index (χ3n) is 7.47. The molecule has 1 aromatic heterocycles. The Bertz CT molecular complexity index is 1620. The first-order chi connectivity index (χ1) is 16.3. The van der Waals surface area contributed by atoms with Gasteiger partial charge >= 0.3 is 0 Å². The van der Waals surface area contributed by atoms with Crippen LogP contribution in [0, 0.1) is 5.92 Å². The normalized spacial score (nSPS) is 13.0. The van der Waals surface area contributed by atoms with Gasteiger partial charge in [-0.05, 0) is 68.4 Å². The molecule has 0 N–H and O–H groups in total. The lowest BCUT2D eigenvalue weighted by Gasteiger charge is -2.16. The fourth-order valence-corrected chi connectivity index (χ4v) is 5.62. The summed E-state index contributed by atoms with van der Waals surface area (Å²) in [6.07, 6.45) is 6.35. The highest BCUT2D eigenvalue weighted by Gasteiger charge is 2.14. The third-order valence-corrected chi connectivity index (χ3v) is 7.47. The van der Waals surface area contributed by atoms with E-state index in [1.165, 1.54) is 80.8 Å². The van der Waals surface area contributed by atoms with Crippen LogP contribution in [0.2, 0.25) is 0 Å². The molecule has 0 fully saturated rings. The number of rotatable bonds is 6. The van der Waals surface area contributed by atoms with Crippen LogP contribution in [-0.2, 0) is 6.42 Å². The Labute approximate surface area is 195 Å². The molecule has 164 valence electrons. The second-order valence-corrected chi connectivity index (χ2v) is 9.54. The second-order valence-electron chi connectivity index (χ2n) is 9.54. The third kappa shape index (κ3) is 3.38. The maximum absolute atomic E-state index is 6.25. The fourth-order valence-electron chi connectivity index (χ4n) is 5.62. The van der Waals surface area contributed by atoms with E-state index in [-0.39, 0.29) is 0 Å². The van der Waals surface area contributed by atoms with Crippen molar-refractivity contribution < 1.29 is 4.42 Å². The van der Waals surface area contributed by atoms with Crippen LogP contribution in [0.3, 0.4) is 0 Å². The van der Waals surface area contributed by atoms with Gasteiger partial charge in [0, 0.05) is 10.8 Å². The summed E-state index contributed by atoms with van der Waals surface area (Å²) in [6.45, 7) is 4.63. The summed E-state index contributed by atoms with van der Waals surface area (Å²) in [5.74, 6) is 0.768. The molecule has 0 radical (unpaired) electrons. The predicted molar refractivity (Wildman–Crippen MR) is 143 cm³/mol. The van der Waals surface area contributed by atoms with Gasteiger partial charge < -0.3 is 4.42 Å². The Morgan fingerprint density at radius 3 is 2.03 bits per heavy atom. The predicted octanol–water partition coefficient (Wildman–Crippen LogP) is 9.80. The van der Waals surface area contributed by atoms with E-state index in [2.05, 4.69) is 86.6 Å². The zero-order chi connectivity index (χ0) is 22.4. The zero-order valence-electron chi connectivity index (χ0n) is 19.5. The Kier molecular flexibility index (Phi) is 5.06. The van der Waals surface area contributed by atoms with Crippen molar-refractivity contribution in [3.8, 4) is 0 Å². The fraction of sp³-hybridized carbons (Fsp3) is 0.250. The number of fused-ring (bicyclic) bond motifs is 9. The molecule has 0 saturated heterocycles. The summed E-state index contributed by atoms with van der Waals surface area (Å²) in [4.78, 5) is 0. The summed E-state index contributed by atoms with van der Waals surface area (Å²) < 4.78 is 6.25. The van der Waals surface area contributed by atoms with Crippen molar-refractivity contribution in [3.05, 3.63) is 84.4 Å². The molecule has 0 amide bonds. The average molecular weight is 431 g/mol. The van der Waals surface area contributed by atoms with Crippen molar-refractivity contribution >= 4 is 54.3 Å². The summed E-state index contributed by atoms with van der Waals surface area (Å²) in [7, 11) is 0. The maximum Gasteiger partial charge on any atom is 0.136 e. The smallest absolute Gasteiger partial charge is 0.136 e. The highest BCUT2D eigenvalue weighted by atomic mass is 16.3. The van der Waals surface area contributed by atoms with Crippen LogP contribution in [0.15, 0.2) is 83.3 Å². The zero-order valence-corrected chi connectivity index (χ0v) is 19.5. The quantitative estimate of drug-likeness (QED) is 0.240. The van der Waals surface area contributed by atoms with Gasteiger partial charge in [-0.15, -0.1) is 0 Å². The summed E-state index contributed by atoms with van der Waals surface area (Å²) in [5, 5.41) is 10.3. The van der Waals surface area contributed by atoms with Crippen molar-refractivity contribution in [2.45, 2.75) is 46.0 Å². The SMILES string of the molecule is CCCCC(CC)Cc1ccc2c(c1)c1ccccc1c1cc3c(cc21)oc1ccccc13. The Hall–Kier alpha value is -3.32. The van der Waals surface area contributed by atoms with E-state index in [0.717, 1.165) is 17.1 Å². The minimum Gasteiger partial charge on any atom is -0.456 e. The number of furan rings is 1. The van der Waals surface area contributed by atoms with Crippen molar-refractivity contribution in [3.63, 3.8) is 0 Å². The van der Waals surface area contributed by atoms with Gasteiger partial charge in [-0.3, -0.25) is 0 Å². The highest BCUT2D eigenvalue weighted by molar-refractivity contribution is 6.28. The summed E-state index contributed by atoms with van der Waals surface area (Å²) in [5.41, 5.74) is 3.38.